The number of aromatic nitrogens is 3. The molecule has 102 valence electrons. The Bertz CT molecular complexity index is 886. The minimum Gasteiger partial charge on any atom is -0.238 e. The first-order valence-corrected chi connectivity index (χ1v) is 8.04. The molecule has 0 amide bonds. The Kier molecular flexibility index (Phi) is 3.10. The van der Waals surface area contributed by atoms with E-state index < -0.39 is 10.0 Å². The van der Waals surface area contributed by atoms with Crippen LogP contribution in [0.3, 0.4) is 0 Å². The monoisotopic (exact) mass is 351 g/mol. The molecule has 0 bridgehead atoms. The molecule has 3 aromatic rings. The fourth-order valence-corrected chi connectivity index (χ4v) is 3.46. The van der Waals surface area contributed by atoms with E-state index >= 15 is 0 Å². The fourth-order valence-electron chi connectivity index (χ4n) is 1.87. The van der Waals surface area contributed by atoms with Crippen molar-refractivity contribution < 1.29 is 8.42 Å². The number of hydrogen-bond donors (Lipinski definition) is 0. The predicted octanol–water partition coefficient (Wildman–Crippen LogP) is 2.74. The molecule has 5 nitrogen and oxygen atoms in total. The van der Waals surface area contributed by atoms with Crippen molar-refractivity contribution in [3.8, 4) is 0 Å². The molecule has 0 spiro atoms. The van der Waals surface area contributed by atoms with Crippen LogP contribution in [0.1, 0.15) is 5.56 Å². The molecule has 0 saturated heterocycles. The van der Waals surface area contributed by atoms with Gasteiger partial charge in [-0.3, -0.25) is 0 Å². The Hall–Kier alpha value is -1.73. The molecule has 0 aliphatic rings. The van der Waals surface area contributed by atoms with Crippen LogP contribution in [0.15, 0.2) is 52.1 Å². The van der Waals surface area contributed by atoms with Gasteiger partial charge in [-0.15, -0.1) is 0 Å². The van der Waals surface area contributed by atoms with Crippen molar-refractivity contribution in [3.05, 3.63) is 52.8 Å². The Morgan fingerprint density at radius 2 is 1.80 bits per heavy atom. The predicted molar refractivity (Wildman–Crippen MR) is 79.0 cm³/mol. The lowest BCUT2D eigenvalue weighted by Gasteiger charge is -2.06. The lowest BCUT2D eigenvalue weighted by molar-refractivity contribution is 0.582. The first kappa shape index (κ1) is 13.3. The average Bonchev–Trinajstić information content (AvgIpc) is 2.82. The second-order valence-electron chi connectivity index (χ2n) is 4.34. The van der Waals surface area contributed by atoms with Crippen molar-refractivity contribution in [2.75, 3.05) is 0 Å². The standard InChI is InChI=1S/C13H10BrN3O2S/c1-9-2-4-10(5-3-9)20(18,19)17-12-6-7-13(14)16-11(12)8-15-17/h2-8H,1H3. The molecule has 20 heavy (non-hydrogen) atoms. The number of nitrogens with zero attached hydrogens (tertiary/aromatic N) is 3. The first-order valence-electron chi connectivity index (χ1n) is 5.81. The second-order valence-corrected chi connectivity index (χ2v) is 6.92. The van der Waals surface area contributed by atoms with Crippen LogP contribution >= 0.6 is 15.9 Å². The molecule has 0 fully saturated rings. The van der Waals surface area contributed by atoms with Crippen LogP contribution in [0, 0.1) is 6.92 Å². The first-order chi connectivity index (χ1) is 9.48. The van der Waals surface area contributed by atoms with Crippen LogP contribution in [0.4, 0.5) is 0 Å². The molecular weight excluding hydrogens is 342 g/mol. The van der Waals surface area contributed by atoms with E-state index in [1.54, 1.807) is 36.4 Å². The lowest BCUT2D eigenvalue weighted by Crippen LogP contribution is -2.14. The molecule has 2 heterocycles. The third kappa shape index (κ3) is 2.12. The number of hydrogen-bond acceptors (Lipinski definition) is 4. The summed E-state index contributed by atoms with van der Waals surface area (Å²) in [6.07, 6.45) is 1.44. The zero-order valence-electron chi connectivity index (χ0n) is 10.5. The highest BCUT2D eigenvalue weighted by Gasteiger charge is 2.20. The minimum atomic E-state index is -3.70. The van der Waals surface area contributed by atoms with Gasteiger partial charge in [-0.05, 0) is 47.1 Å². The molecular formula is C13H10BrN3O2S. The molecule has 0 aliphatic carbocycles. The van der Waals surface area contributed by atoms with E-state index in [4.69, 9.17) is 0 Å². The Balaban J connectivity index is 2.21. The highest BCUT2D eigenvalue weighted by Crippen LogP contribution is 2.21. The van der Waals surface area contributed by atoms with E-state index in [1.807, 2.05) is 6.92 Å². The third-order valence-electron chi connectivity index (χ3n) is 2.91. The SMILES string of the molecule is Cc1ccc(S(=O)(=O)n2ncc3nc(Br)ccc32)cc1. The summed E-state index contributed by atoms with van der Waals surface area (Å²) in [6, 6.07) is 10.0. The van der Waals surface area contributed by atoms with Gasteiger partial charge < -0.3 is 0 Å². The molecule has 0 saturated carbocycles. The summed E-state index contributed by atoms with van der Waals surface area (Å²) in [4.78, 5) is 4.39. The van der Waals surface area contributed by atoms with Crippen LogP contribution < -0.4 is 0 Å². The molecule has 3 rings (SSSR count). The van der Waals surface area contributed by atoms with Crippen molar-refractivity contribution in [1.29, 1.82) is 0 Å². The van der Waals surface area contributed by atoms with Gasteiger partial charge in [0.25, 0.3) is 10.0 Å². The summed E-state index contributed by atoms with van der Waals surface area (Å²) in [5, 5.41) is 3.95. The lowest BCUT2D eigenvalue weighted by atomic mass is 10.2. The largest absolute Gasteiger partial charge is 0.283 e. The number of pyridine rings is 1. The van der Waals surface area contributed by atoms with Crippen LogP contribution in [0.25, 0.3) is 11.0 Å². The van der Waals surface area contributed by atoms with Crippen molar-refractivity contribution in [2.24, 2.45) is 0 Å². The van der Waals surface area contributed by atoms with Gasteiger partial charge in [-0.2, -0.15) is 17.6 Å². The summed E-state index contributed by atoms with van der Waals surface area (Å²) in [7, 11) is -3.70. The van der Waals surface area contributed by atoms with Gasteiger partial charge in [-0.1, -0.05) is 17.7 Å². The molecule has 7 heteroatoms. The van der Waals surface area contributed by atoms with Crippen molar-refractivity contribution >= 4 is 37.0 Å². The molecule has 0 radical (unpaired) electrons. The van der Waals surface area contributed by atoms with E-state index in [0.717, 1.165) is 9.65 Å². The average molecular weight is 352 g/mol. The van der Waals surface area contributed by atoms with Gasteiger partial charge in [0.15, 0.2) is 0 Å². The highest BCUT2D eigenvalue weighted by molar-refractivity contribution is 9.10. The number of benzene rings is 1. The highest BCUT2D eigenvalue weighted by atomic mass is 79.9. The van der Waals surface area contributed by atoms with E-state index in [-0.39, 0.29) is 4.90 Å². The maximum atomic E-state index is 12.6. The van der Waals surface area contributed by atoms with Crippen molar-refractivity contribution in [3.63, 3.8) is 0 Å². The fraction of sp³-hybridized carbons (Fsp3) is 0.0769. The normalized spacial score (nSPS) is 11.9. The summed E-state index contributed by atoms with van der Waals surface area (Å²) in [6.45, 7) is 1.90. The van der Waals surface area contributed by atoms with Gasteiger partial charge >= 0.3 is 0 Å². The van der Waals surface area contributed by atoms with Gasteiger partial charge in [0.2, 0.25) is 0 Å². The summed E-state index contributed by atoms with van der Waals surface area (Å²) < 4.78 is 26.8. The summed E-state index contributed by atoms with van der Waals surface area (Å²) in [5.41, 5.74) is 1.98. The number of aryl methyl sites for hydroxylation is 1. The second kappa shape index (κ2) is 4.68. The van der Waals surface area contributed by atoms with Gasteiger partial charge in [0, 0.05) is 0 Å². The van der Waals surface area contributed by atoms with Crippen molar-refractivity contribution in [1.82, 2.24) is 14.2 Å². The minimum absolute atomic E-state index is 0.205. The smallest absolute Gasteiger partial charge is 0.238 e. The van der Waals surface area contributed by atoms with E-state index in [9.17, 15) is 8.42 Å². The summed E-state index contributed by atoms with van der Waals surface area (Å²) in [5.74, 6) is 0. The molecule has 2 aromatic heterocycles. The molecule has 1 aromatic carbocycles. The van der Waals surface area contributed by atoms with Crippen LogP contribution in [-0.4, -0.2) is 22.6 Å². The Morgan fingerprint density at radius 1 is 1.10 bits per heavy atom. The zero-order chi connectivity index (χ0) is 14.3. The van der Waals surface area contributed by atoms with Gasteiger partial charge in [0.05, 0.1) is 11.1 Å². The van der Waals surface area contributed by atoms with E-state index in [0.29, 0.717) is 15.6 Å². The molecule has 0 atom stereocenters. The topological polar surface area (TPSA) is 64.8 Å². The van der Waals surface area contributed by atoms with Gasteiger partial charge in [-0.25, -0.2) is 4.98 Å². The van der Waals surface area contributed by atoms with Crippen LogP contribution in [-0.2, 0) is 10.0 Å². The van der Waals surface area contributed by atoms with Crippen LogP contribution in [0.2, 0.25) is 0 Å². The van der Waals surface area contributed by atoms with E-state index in [2.05, 4.69) is 26.0 Å². The molecule has 0 N–H and O–H groups in total. The Labute approximate surface area is 124 Å². The Morgan fingerprint density at radius 3 is 2.50 bits per heavy atom. The number of halogens is 1. The maximum Gasteiger partial charge on any atom is 0.283 e. The molecule has 0 aliphatic heterocycles. The molecule has 0 unspecified atom stereocenters. The van der Waals surface area contributed by atoms with E-state index in [1.165, 1.54) is 6.20 Å². The summed E-state index contributed by atoms with van der Waals surface area (Å²) >= 11 is 3.25. The quantitative estimate of drug-likeness (QED) is 0.666. The van der Waals surface area contributed by atoms with Crippen molar-refractivity contribution in [2.45, 2.75) is 11.8 Å². The van der Waals surface area contributed by atoms with Gasteiger partial charge in [0.1, 0.15) is 15.6 Å². The van der Waals surface area contributed by atoms with Crippen LogP contribution in [0.5, 0.6) is 0 Å². The third-order valence-corrected chi connectivity index (χ3v) is 4.96. The number of rotatable bonds is 2. The zero-order valence-corrected chi connectivity index (χ0v) is 12.9. The maximum absolute atomic E-state index is 12.6. The number of fused-ring (bicyclic) bond motifs is 1.